The number of rotatable bonds is 9. The molecule has 0 aliphatic heterocycles. The van der Waals surface area contributed by atoms with Gasteiger partial charge in [0.1, 0.15) is 12.4 Å². The molecular weight excluding hydrogens is 330 g/mol. The molecule has 0 spiro atoms. The number of methoxy groups -OCH3 is 1. The van der Waals surface area contributed by atoms with Gasteiger partial charge >= 0.3 is 0 Å². The van der Waals surface area contributed by atoms with Gasteiger partial charge in [0.25, 0.3) is 0 Å². The smallest absolute Gasteiger partial charge is 0.238 e. The summed E-state index contributed by atoms with van der Waals surface area (Å²) in [7, 11) is 1.61. The van der Waals surface area contributed by atoms with Gasteiger partial charge in [-0.15, -0.1) is 0 Å². The van der Waals surface area contributed by atoms with E-state index in [1.165, 1.54) is 0 Å². The first-order valence-corrected chi connectivity index (χ1v) is 7.87. The van der Waals surface area contributed by atoms with Gasteiger partial charge in [0, 0.05) is 37.3 Å². The summed E-state index contributed by atoms with van der Waals surface area (Å²) in [6.45, 7) is 1.76. The molecule has 2 N–H and O–H groups in total. The third-order valence-corrected chi connectivity index (χ3v) is 3.40. The number of pyridine rings is 1. The largest absolute Gasteiger partial charge is 0.487 e. The average Bonchev–Trinajstić information content (AvgIpc) is 2.59. The molecule has 24 heavy (non-hydrogen) atoms. The van der Waals surface area contributed by atoms with Crippen LogP contribution < -0.4 is 15.4 Å². The Hall–Kier alpha value is -2.15. The lowest BCUT2D eigenvalue weighted by atomic mass is 10.3. The van der Waals surface area contributed by atoms with Gasteiger partial charge in [-0.05, 0) is 24.3 Å². The molecule has 7 heteroatoms. The fourth-order valence-corrected chi connectivity index (χ4v) is 2.16. The number of carbonyl (C=O) groups is 1. The molecule has 0 fully saturated rings. The molecule has 2 rings (SSSR count). The van der Waals surface area contributed by atoms with Gasteiger partial charge in [-0.1, -0.05) is 17.7 Å². The summed E-state index contributed by atoms with van der Waals surface area (Å²) >= 11 is 6.20. The van der Waals surface area contributed by atoms with E-state index in [0.717, 1.165) is 5.56 Å². The van der Waals surface area contributed by atoms with Crippen molar-refractivity contribution in [1.82, 2.24) is 10.3 Å². The van der Waals surface area contributed by atoms with E-state index in [2.05, 4.69) is 15.6 Å². The Kier molecular flexibility index (Phi) is 7.48. The van der Waals surface area contributed by atoms with Crippen LogP contribution in [0.5, 0.6) is 5.75 Å². The van der Waals surface area contributed by atoms with Crippen LogP contribution in [0, 0.1) is 0 Å². The summed E-state index contributed by atoms with van der Waals surface area (Å²) in [4.78, 5) is 15.8. The van der Waals surface area contributed by atoms with Crippen LogP contribution in [0.25, 0.3) is 0 Å². The van der Waals surface area contributed by atoms with Crippen molar-refractivity contribution in [3.8, 4) is 5.75 Å². The van der Waals surface area contributed by atoms with E-state index in [-0.39, 0.29) is 12.5 Å². The summed E-state index contributed by atoms with van der Waals surface area (Å²) in [5.41, 5.74) is 1.57. The van der Waals surface area contributed by atoms with Gasteiger partial charge in [-0.2, -0.15) is 0 Å². The van der Waals surface area contributed by atoms with Crippen molar-refractivity contribution in [2.75, 3.05) is 32.1 Å². The van der Waals surface area contributed by atoms with Gasteiger partial charge in [0.2, 0.25) is 5.91 Å². The molecular formula is C17H20ClN3O3. The number of carbonyl (C=O) groups excluding carboxylic acids is 1. The predicted octanol–water partition coefficient (Wildman–Crippen LogP) is 2.49. The van der Waals surface area contributed by atoms with Crippen molar-refractivity contribution in [3.63, 3.8) is 0 Å². The number of ether oxygens (including phenoxy) is 2. The third kappa shape index (κ3) is 6.16. The van der Waals surface area contributed by atoms with Crippen LogP contribution in [0.15, 0.2) is 42.7 Å². The van der Waals surface area contributed by atoms with E-state index in [1.54, 1.807) is 37.7 Å². The molecule has 1 aromatic carbocycles. The lowest BCUT2D eigenvalue weighted by Crippen LogP contribution is -2.30. The molecule has 0 atom stereocenters. The van der Waals surface area contributed by atoms with Crippen LogP contribution in [0.3, 0.4) is 0 Å². The van der Waals surface area contributed by atoms with Gasteiger partial charge in [0.05, 0.1) is 18.2 Å². The standard InChI is InChI=1S/C17H20ClN3O3/c1-23-8-7-20-11-17(22)21-14-4-5-16(15(18)9-14)24-12-13-3-2-6-19-10-13/h2-6,9-10,20H,7-8,11-12H2,1H3,(H,21,22). The van der Waals surface area contributed by atoms with E-state index >= 15 is 0 Å². The second-order valence-corrected chi connectivity index (χ2v) is 5.42. The van der Waals surface area contributed by atoms with Crippen LogP contribution in [0.2, 0.25) is 5.02 Å². The summed E-state index contributed by atoms with van der Waals surface area (Å²) in [6.07, 6.45) is 3.44. The first-order valence-electron chi connectivity index (χ1n) is 7.50. The van der Waals surface area contributed by atoms with Gasteiger partial charge in [-0.25, -0.2) is 0 Å². The quantitative estimate of drug-likeness (QED) is 0.680. The Bertz CT molecular complexity index is 653. The molecule has 0 bridgehead atoms. The number of halogens is 1. The van der Waals surface area contributed by atoms with Crippen molar-refractivity contribution in [2.24, 2.45) is 0 Å². The summed E-state index contributed by atoms with van der Waals surface area (Å²) in [6, 6.07) is 8.91. The van der Waals surface area contributed by atoms with Crippen LogP contribution in [-0.2, 0) is 16.1 Å². The third-order valence-electron chi connectivity index (χ3n) is 3.10. The Labute approximate surface area is 146 Å². The van der Waals surface area contributed by atoms with Crippen LogP contribution in [-0.4, -0.2) is 37.7 Å². The topological polar surface area (TPSA) is 72.5 Å². The maximum atomic E-state index is 11.8. The molecule has 1 heterocycles. The van der Waals surface area contributed by atoms with Crippen molar-refractivity contribution in [3.05, 3.63) is 53.3 Å². The molecule has 0 unspecified atom stereocenters. The fourth-order valence-electron chi connectivity index (χ4n) is 1.92. The zero-order chi connectivity index (χ0) is 17.2. The fraction of sp³-hybridized carbons (Fsp3) is 0.294. The van der Waals surface area contributed by atoms with E-state index in [1.807, 2.05) is 12.1 Å². The monoisotopic (exact) mass is 349 g/mol. The molecule has 0 saturated carbocycles. The second kappa shape index (κ2) is 9.87. The Balaban J connectivity index is 1.84. The number of nitrogens with zero attached hydrogens (tertiary/aromatic N) is 1. The van der Waals surface area contributed by atoms with Crippen molar-refractivity contribution in [1.29, 1.82) is 0 Å². The van der Waals surface area contributed by atoms with Gasteiger partial charge in [-0.3, -0.25) is 9.78 Å². The van der Waals surface area contributed by atoms with Crippen LogP contribution >= 0.6 is 11.6 Å². The highest BCUT2D eigenvalue weighted by Crippen LogP contribution is 2.28. The van der Waals surface area contributed by atoms with Crippen LogP contribution in [0.1, 0.15) is 5.56 Å². The summed E-state index contributed by atoms with van der Waals surface area (Å²) < 4.78 is 10.6. The number of anilines is 1. The maximum absolute atomic E-state index is 11.8. The lowest BCUT2D eigenvalue weighted by Gasteiger charge is -2.11. The van der Waals surface area contributed by atoms with Gasteiger partial charge < -0.3 is 20.1 Å². The van der Waals surface area contributed by atoms with E-state index < -0.39 is 0 Å². The van der Waals surface area contributed by atoms with Crippen molar-refractivity contribution in [2.45, 2.75) is 6.61 Å². The number of hydrogen-bond donors (Lipinski definition) is 2. The first kappa shape index (κ1) is 18.2. The normalized spacial score (nSPS) is 10.4. The minimum Gasteiger partial charge on any atom is -0.487 e. The molecule has 0 aliphatic rings. The van der Waals surface area contributed by atoms with Crippen molar-refractivity contribution >= 4 is 23.2 Å². The number of aromatic nitrogens is 1. The molecule has 128 valence electrons. The van der Waals surface area contributed by atoms with E-state index in [0.29, 0.717) is 36.2 Å². The molecule has 6 nitrogen and oxygen atoms in total. The highest BCUT2D eigenvalue weighted by molar-refractivity contribution is 6.32. The average molecular weight is 350 g/mol. The SMILES string of the molecule is COCCNCC(=O)Nc1ccc(OCc2cccnc2)c(Cl)c1. The molecule has 0 aliphatic carbocycles. The second-order valence-electron chi connectivity index (χ2n) is 5.01. The van der Waals surface area contributed by atoms with Crippen LogP contribution in [0.4, 0.5) is 5.69 Å². The maximum Gasteiger partial charge on any atom is 0.238 e. The Morgan fingerprint density at radius 1 is 1.33 bits per heavy atom. The lowest BCUT2D eigenvalue weighted by molar-refractivity contribution is -0.115. The number of amides is 1. The molecule has 1 amide bonds. The highest BCUT2D eigenvalue weighted by Gasteiger charge is 2.06. The number of hydrogen-bond acceptors (Lipinski definition) is 5. The van der Waals surface area contributed by atoms with E-state index in [4.69, 9.17) is 21.1 Å². The number of nitrogens with one attached hydrogen (secondary N) is 2. The first-order chi connectivity index (χ1) is 11.7. The summed E-state index contributed by atoms with van der Waals surface area (Å²) in [5, 5.41) is 6.17. The molecule has 0 radical (unpaired) electrons. The highest BCUT2D eigenvalue weighted by atomic mass is 35.5. The molecule has 1 aromatic heterocycles. The molecule has 2 aromatic rings. The van der Waals surface area contributed by atoms with E-state index in [9.17, 15) is 4.79 Å². The molecule has 0 saturated heterocycles. The predicted molar refractivity (Wildman–Crippen MR) is 93.4 cm³/mol. The minimum atomic E-state index is -0.147. The summed E-state index contributed by atoms with van der Waals surface area (Å²) in [5.74, 6) is 0.405. The van der Waals surface area contributed by atoms with Crippen molar-refractivity contribution < 1.29 is 14.3 Å². The minimum absolute atomic E-state index is 0.147. The Morgan fingerprint density at radius 3 is 2.92 bits per heavy atom. The Morgan fingerprint density at radius 2 is 2.21 bits per heavy atom. The number of benzene rings is 1. The zero-order valence-electron chi connectivity index (χ0n) is 13.4. The van der Waals surface area contributed by atoms with Gasteiger partial charge in [0.15, 0.2) is 0 Å². The zero-order valence-corrected chi connectivity index (χ0v) is 14.2.